The second-order valence-corrected chi connectivity index (χ2v) is 7.18. The Balaban J connectivity index is 2.59. The van der Waals surface area contributed by atoms with Crippen molar-refractivity contribution in [3.05, 3.63) is 24.3 Å². The van der Waals surface area contributed by atoms with Crippen LogP contribution in [0.3, 0.4) is 0 Å². The predicted molar refractivity (Wildman–Crippen MR) is 80.5 cm³/mol. The molecule has 2 rings (SSSR count). The zero-order valence-corrected chi connectivity index (χ0v) is 13.1. The molecule has 0 amide bonds. The van der Waals surface area contributed by atoms with Gasteiger partial charge in [0.2, 0.25) is 0 Å². The van der Waals surface area contributed by atoms with Crippen molar-refractivity contribution in [3.8, 4) is 0 Å². The average molecular weight is 280 g/mol. The van der Waals surface area contributed by atoms with Gasteiger partial charge in [0.25, 0.3) is 0 Å². The van der Waals surface area contributed by atoms with Gasteiger partial charge in [-0.2, -0.15) is 0 Å². The number of rotatable bonds is 3. The van der Waals surface area contributed by atoms with Crippen molar-refractivity contribution in [2.24, 2.45) is 5.41 Å². The van der Waals surface area contributed by atoms with E-state index in [1.165, 1.54) is 0 Å². The van der Waals surface area contributed by atoms with Gasteiger partial charge in [0.1, 0.15) is 11.3 Å². The summed E-state index contributed by atoms with van der Waals surface area (Å²) < 4.78 is 2.27. The maximum Gasteiger partial charge on any atom is 0.125 e. The number of pyridine rings is 1. The molecule has 0 aliphatic heterocycles. The molecule has 2 aromatic rings. The van der Waals surface area contributed by atoms with Crippen molar-refractivity contribution in [2.45, 2.75) is 52.5 Å². The number of fused-ring (bicyclic) bond motifs is 1. The standard InChI is InChI=1S/C15H22ClN3/c1-14(2,3)10-15(4,5)19-12-6-7-17-9-11(12)18-13(19)8-16/h6-7,9H,8,10H2,1-5H3. The second kappa shape index (κ2) is 4.78. The fraction of sp³-hybridized carbons (Fsp3) is 0.600. The van der Waals surface area contributed by atoms with Crippen LogP contribution in [0.4, 0.5) is 0 Å². The first kappa shape index (κ1) is 14.3. The van der Waals surface area contributed by atoms with Crippen LogP contribution in [-0.4, -0.2) is 14.5 Å². The Labute approximate surface area is 120 Å². The molecule has 0 saturated carbocycles. The highest BCUT2D eigenvalue weighted by atomic mass is 35.5. The first-order chi connectivity index (χ1) is 8.74. The fourth-order valence-electron chi connectivity index (χ4n) is 3.12. The minimum absolute atomic E-state index is 0.0292. The van der Waals surface area contributed by atoms with E-state index < -0.39 is 0 Å². The Morgan fingerprint density at radius 2 is 1.89 bits per heavy atom. The van der Waals surface area contributed by atoms with Crippen LogP contribution in [0.2, 0.25) is 0 Å². The maximum atomic E-state index is 6.08. The topological polar surface area (TPSA) is 30.7 Å². The van der Waals surface area contributed by atoms with Crippen molar-refractivity contribution >= 4 is 22.6 Å². The summed E-state index contributed by atoms with van der Waals surface area (Å²) in [6.45, 7) is 11.3. The van der Waals surface area contributed by atoms with E-state index in [4.69, 9.17) is 11.6 Å². The molecular weight excluding hydrogens is 258 g/mol. The minimum atomic E-state index is -0.0292. The van der Waals surface area contributed by atoms with Crippen molar-refractivity contribution in [1.82, 2.24) is 14.5 Å². The Hall–Kier alpha value is -1.09. The van der Waals surface area contributed by atoms with Crippen LogP contribution in [0.5, 0.6) is 0 Å². The predicted octanol–water partition coefficient (Wildman–Crippen LogP) is 4.34. The van der Waals surface area contributed by atoms with E-state index in [0.717, 1.165) is 23.3 Å². The highest BCUT2D eigenvalue weighted by Crippen LogP contribution is 2.35. The first-order valence-electron chi connectivity index (χ1n) is 6.62. The van der Waals surface area contributed by atoms with E-state index in [9.17, 15) is 0 Å². The normalized spacial score (nSPS) is 13.2. The number of hydrogen-bond donors (Lipinski definition) is 0. The van der Waals surface area contributed by atoms with Crippen LogP contribution in [0.25, 0.3) is 11.0 Å². The van der Waals surface area contributed by atoms with Gasteiger partial charge in [0.05, 0.1) is 17.6 Å². The van der Waals surface area contributed by atoms with Crippen LogP contribution in [-0.2, 0) is 11.4 Å². The number of aromatic nitrogens is 3. The molecule has 0 N–H and O–H groups in total. The van der Waals surface area contributed by atoms with Crippen LogP contribution in [0.1, 0.15) is 46.9 Å². The Morgan fingerprint density at radius 1 is 1.21 bits per heavy atom. The lowest BCUT2D eigenvalue weighted by molar-refractivity contribution is 0.216. The number of alkyl halides is 1. The molecule has 0 aliphatic carbocycles. The zero-order valence-electron chi connectivity index (χ0n) is 12.4. The van der Waals surface area contributed by atoms with Gasteiger partial charge in [-0.3, -0.25) is 4.98 Å². The molecule has 0 bridgehead atoms. The monoisotopic (exact) mass is 279 g/mol. The third-order valence-electron chi connectivity index (χ3n) is 3.21. The highest BCUT2D eigenvalue weighted by Gasteiger charge is 2.30. The Kier molecular flexibility index (Phi) is 3.61. The van der Waals surface area contributed by atoms with Gasteiger partial charge in [-0.15, -0.1) is 11.6 Å². The molecule has 3 nitrogen and oxygen atoms in total. The SMILES string of the molecule is CC(C)(C)CC(C)(C)n1c(CCl)nc2cnccc21. The summed E-state index contributed by atoms with van der Waals surface area (Å²) in [5.74, 6) is 1.33. The summed E-state index contributed by atoms with van der Waals surface area (Å²) in [5.41, 5.74) is 2.25. The van der Waals surface area contributed by atoms with Gasteiger partial charge in [-0.25, -0.2) is 4.98 Å². The smallest absolute Gasteiger partial charge is 0.125 e. The quantitative estimate of drug-likeness (QED) is 0.783. The third-order valence-corrected chi connectivity index (χ3v) is 3.45. The number of hydrogen-bond acceptors (Lipinski definition) is 2. The molecule has 0 saturated heterocycles. The zero-order chi connectivity index (χ0) is 14.3. The van der Waals surface area contributed by atoms with Crippen molar-refractivity contribution in [1.29, 1.82) is 0 Å². The summed E-state index contributed by atoms with van der Waals surface area (Å²) >= 11 is 6.08. The van der Waals surface area contributed by atoms with Gasteiger partial charge in [-0.05, 0) is 31.7 Å². The van der Waals surface area contributed by atoms with Gasteiger partial charge in [-0.1, -0.05) is 20.8 Å². The molecule has 0 radical (unpaired) electrons. The molecule has 0 aliphatic rings. The Morgan fingerprint density at radius 3 is 2.47 bits per heavy atom. The van der Waals surface area contributed by atoms with Gasteiger partial charge in [0.15, 0.2) is 0 Å². The summed E-state index contributed by atoms with van der Waals surface area (Å²) in [6.07, 6.45) is 4.67. The van der Waals surface area contributed by atoms with Crippen LogP contribution >= 0.6 is 11.6 Å². The van der Waals surface area contributed by atoms with Gasteiger partial charge >= 0.3 is 0 Å². The summed E-state index contributed by atoms with van der Waals surface area (Å²) in [7, 11) is 0. The van der Waals surface area contributed by atoms with E-state index >= 15 is 0 Å². The lowest BCUT2D eigenvalue weighted by Gasteiger charge is -2.35. The van der Waals surface area contributed by atoms with Gasteiger partial charge < -0.3 is 4.57 Å². The lowest BCUT2D eigenvalue weighted by Crippen LogP contribution is -2.32. The molecule has 4 heteroatoms. The fourth-order valence-corrected chi connectivity index (χ4v) is 3.30. The second-order valence-electron chi connectivity index (χ2n) is 6.91. The number of nitrogens with zero attached hydrogens (tertiary/aromatic N) is 3. The van der Waals surface area contributed by atoms with Crippen LogP contribution in [0, 0.1) is 5.41 Å². The molecule has 104 valence electrons. The van der Waals surface area contributed by atoms with E-state index in [1.54, 1.807) is 6.20 Å². The highest BCUT2D eigenvalue weighted by molar-refractivity contribution is 6.16. The first-order valence-corrected chi connectivity index (χ1v) is 7.16. The number of imidazole rings is 1. The third kappa shape index (κ3) is 2.92. The largest absolute Gasteiger partial charge is 0.321 e. The molecule has 2 aromatic heterocycles. The molecule has 0 unspecified atom stereocenters. The number of halogens is 1. The van der Waals surface area contributed by atoms with Crippen LogP contribution in [0.15, 0.2) is 18.5 Å². The molecule has 0 atom stereocenters. The molecule has 0 fully saturated rings. The van der Waals surface area contributed by atoms with E-state index in [0.29, 0.717) is 5.88 Å². The minimum Gasteiger partial charge on any atom is -0.321 e. The van der Waals surface area contributed by atoms with E-state index in [2.05, 4.69) is 49.2 Å². The average Bonchev–Trinajstić information content (AvgIpc) is 2.64. The molecule has 2 heterocycles. The maximum absolute atomic E-state index is 6.08. The summed E-state index contributed by atoms with van der Waals surface area (Å²) in [6, 6.07) is 2.02. The lowest BCUT2D eigenvalue weighted by atomic mass is 9.81. The molecular formula is C15H22ClN3. The Bertz CT molecular complexity index is 579. The molecule has 19 heavy (non-hydrogen) atoms. The molecule has 0 spiro atoms. The van der Waals surface area contributed by atoms with Crippen molar-refractivity contribution in [3.63, 3.8) is 0 Å². The van der Waals surface area contributed by atoms with E-state index in [1.807, 2.05) is 12.3 Å². The van der Waals surface area contributed by atoms with Crippen molar-refractivity contribution in [2.75, 3.05) is 0 Å². The molecule has 0 aromatic carbocycles. The van der Waals surface area contributed by atoms with Gasteiger partial charge in [0, 0.05) is 11.7 Å². The summed E-state index contributed by atoms with van der Waals surface area (Å²) in [4.78, 5) is 8.74. The van der Waals surface area contributed by atoms with E-state index in [-0.39, 0.29) is 11.0 Å². The summed E-state index contributed by atoms with van der Waals surface area (Å²) in [5, 5.41) is 0. The van der Waals surface area contributed by atoms with Crippen molar-refractivity contribution < 1.29 is 0 Å². The van der Waals surface area contributed by atoms with Crippen LogP contribution < -0.4 is 0 Å².